The van der Waals surface area contributed by atoms with Gasteiger partial charge in [0.05, 0.1) is 4.47 Å². The van der Waals surface area contributed by atoms with Crippen LogP contribution in [0.5, 0.6) is 5.75 Å². The fraction of sp³-hybridized carbons (Fsp3) is 0.250. The average molecular weight is 292 g/mol. The Kier molecular flexibility index (Phi) is 2.89. The SMILES string of the molecule is Bc1c(C)c(Br)c(C)c(O)c1Br. The van der Waals surface area contributed by atoms with Crippen molar-refractivity contribution in [2.75, 3.05) is 0 Å². The first-order chi connectivity index (χ1) is 5.46. The van der Waals surface area contributed by atoms with Crippen molar-refractivity contribution < 1.29 is 5.11 Å². The fourth-order valence-electron chi connectivity index (χ4n) is 1.06. The van der Waals surface area contributed by atoms with Crippen LogP contribution in [-0.4, -0.2) is 13.0 Å². The second kappa shape index (κ2) is 3.42. The van der Waals surface area contributed by atoms with Crippen molar-refractivity contribution in [3.05, 3.63) is 20.1 Å². The highest BCUT2D eigenvalue weighted by Crippen LogP contribution is 2.33. The van der Waals surface area contributed by atoms with Crippen molar-refractivity contribution in [1.82, 2.24) is 0 Å². The molecule has 0 spiro atoms. The number of phenolic OH excluding ortho intramolecular Hbond substituents is 1. The lowest BCUT2D eigenvalue weighted by atomic mass is 9.89. The molecule has 64 valence electrons. The Labute approximate surface area is 89.8 Å². The molecule has 0 unspecified atom stereocenters. The number of hydrogen-bond acceptors (Lipinski definition) is 1. The van der Waals surface area contributed by atoms with Gasteiger partial charge in [0, 0.05) is 10.0 Å². The van der Waals surface area contributed by atoms with Crippen molar-refractivity contribution in [2.45, 2.75) is 13.8 Å². The summed E-state index contributed by atoms with van der Waals surface area (Å²) in [5, 5.41) is 9.62. The van der Waals surface area contributed by atoms with Crippen LogP contribution in [0.15, 0.2) is 8.95 Å². The number of phenols is 1. The average Bonchev–Trinajstić information content (AvgIpc) is 2.08. The molecule has 0 bridgehead atoms. The fourth-order valence-corrected chi connectivity index (χ4v) is 2.14. The summed E-state index contributed by atoms with van der Waals surface area (Å²) in [6.07, 6.45) is 0. The van der Waals surface area contributed by atoms with Gasteiger partial charge in [-0.25, -0.2) is 0 Å². The Hall–Kier alpha value is 0.0449. The molecule has 0 aliphatic carbocycles. The molecule has 12 heavy (non-hydrogen) atoms. The molecule has 4 heteroatoms. The second-order valence-electron chi connectivity index (χ2n) is 2.85. The van der Waals surface area contributed by atoms with E-state index < -0.39 is 0 Å². The van der Waals surface area contributed by atoms with E-state index in [2.05, 4.69) is 31.9 Å². The molecule has 1 rings (SSSR count). The van der Waals surface area contributed by atoms with Gasteiger partial charge in [0.2, 0.25) is 0 Å². The third-order valence-corrected chi connectivity index (χ3v) is 4.27. The molecule has 0 aromatic heterocycles. The highest BCUT2D eigenvalue weighted by atomic mass is 79.9. The molecule has 0 atom stereocenters. The Bertz CT molecular complexity index is 231. The maximum absolute atomic E-state index is 9.62. The summed E-state index contributed by atoms with van der Waals surface area (Å²) in [5.41, 5.74) is 3.12. The highest BCUT2D eigenvalue weighted by molar-refractivity contribution is 9.11. The first kappa shape index (κ1) is 10.1. The van der Waals surface area contributed by atoms with Gasteiger partial charge in [0.15, 0.2) is 0 Å². The van der Waals surface area contributed by atoms with Gasteiger partial charge in [-0.2, -0.15) is 0 Å². The van der Waals surface area contributed by atoms with Crippen LogP contribution in [0.2, 0.25) is 0 Å². The molecule has 0 radical (unpaired) electrons. The zero-order chi connectivity index (χ0) is 9.46. The predicted molar refractivity (Wildman–Crippen MR) is 61.2 cm³/mol. The van der Waals surface area contributed by atoms with E-state index in [1.165, 1.54) is 0 Å². The van der Waals surface area contributed by atoms with Crippen LogP contribution in [0.4, 0.5) is 0 Å². The third kappa shape index (κ3) is 1.42. The molecule has 0 heterocycles. The van der Waals surface area contributed by atoms with E-state index in [1.54, 1.807) is 0 Å². The van der Waals surface area contributed by atoms with Crippen LogP contribution >= 0.6 is 31.9 Å². The van der Waals surface area contributed by atoms with Gasteiger partial charge >= 0.3 is 0 Å². The normalized spacial score (nSPS) is 10.3. The van der Waals surface area contributed by atoms with E-state index in [1.807, 2.05) is 21.7 Å². The zero-order valence-electron chi connectivity index (χ0n) is 7.20. The summed E-state index contributed by atoms with van der Waals surface area (Å²) in [5.74, 6) is 0.324. The first-order valence-corrected chi connectivity index (χ1v) is 5.19. The minimum atomic E-state index is 0.324. The van der Waals surface area contributed by atoms with E-state index in [0.717, 1.165) is 25.5 Å². The van der Waals surface area contributed by atoms with E-state index in [0.29, 0.717) is 5.75 Å². The Morgan fingerprint density at radius 2 is 1.58 bits per heavy atom. The standard InChI is InChI=1S/C8H9BBr2O/c1-3-5(9)7(11)8(12)4(2)6(3)10/h12H,9H2,1-2H3. The maximum atomic E-state index is 9.62. The minimum Gasteiger partial charge on any atom is -0.506 e. The molecule has 0 amide bonds. The molecule has 0 aliphatic rings. The maximum Gasteiger partial charge on any atom is 0.141 e. The van der Waals surface area contributed by atoms with Gasteiger partial charge in [-0.3, -0.25) is 0 Å². The van der Waals surface area contributed by atoms with Crippen LogP contribution in [0, 0.1) is 13.8 Å². The zero-order valence-corrected chi connectivity index (χ0v) is 10.4. The van der Waals surface area contributed by atoms with Crippen LogP contribution < -0.4 is 5.46 Å². The number of halogens is 2. The second-order valence-corrected chi connectivity index (χ2v) is 4.44. The minimum absolute atomic E-state index is 0.324. The lowest BCUT2D eigenvalue weighted by molar-refractivity contribution is 0.467. The van der Waals surface area contributed by atoms with Gasteiger partial charge in [-0.15, -0.1) is 0 Å². The van der Waals surface area contributed by atoms with Crippen molar-refractivity contribution in [2.24, 2.45) is 0 Å². The number of hydrogen-bond donors (Lipinski definition) is 1. The van der Waals surface area contributed by atoms with Crippen LogP contribution in [0.3, 0.4) is 0 Å². The molecule has 0 saturated heterocycles. The smallest absolute Gasteiger partial charge is 0.141 e. The monoisotopic (exact) mass is 290 g/mol. The molecule has 0 aliphatic heterocycles. The Balaban J connectivity index is 3.60. The van der Waals surface area contributed by atoms with Gasteiger partial charge in [-0.1, -0.05) is 21.4 Å². The van der Waals surface area contributed by atoms with E-state index in [4.69, 9.17) is 0 Å². The van der Waals surface area contributed by atoms with Crippen molar-refractivity contribution in [3.8, 4) is 5.75 Å². The number of rotatable bonds is 0. The van der Waals surface area contributed by atoms with Crippen LogP contribution in [0.1, 0.15) is 11.1 Å². The highest BCUT2D eigenvalue weighted by Gasteiger charge is 2.12. The van der Waals surface area contributed by atoms with Gasteiger partial charge < -0.3 is 5.11 Å². The third-order valence-electron chi connectivity index (χ3n) is 2.11. The molecule has 1 N–H and O–H groups in total. The quantitative estimate of drug-likeness (QED) is 0.723. The van der Waals surface area contributed by atoms with Gasteiger partial charge in [0.25, 0.3) is 0 Å². The van der Waals surface area contributed by atoms with Crippen molar-refractivity contribution in [1.29, 1.82) is 0 Å². The molecule has 0 fully saturated rings. The Morgan fingerprint density at radius 1 is 1.08 bits per heavy atom. The van der Waals surface area contributed by atoms with E-state index >= 15 is 0 Å². The van der Waals surface area contributed by atoms with E-state index in [-0.39, 0.29) is 0 Å². The summed E-state index contributed by atoms with van der Waals surface area (Å²) < 4.78 is 1.78. The summed E-state index contributed by atoms with van der Waals surface area (Å²) in [6, 6.07) is 0. The van der Waals surface area contributed by atoms with E-state index in [9.17, 15) is 5.11 Å². The van der Waals surface area contributed by atoms with Gasteiger partial charge in [0.1, 0.15) is 13.6 Å². The largest absolute Gasteiger partial charge is 0.506 e. The predicted octanol–water partition coefficient (Wildman–Crippen LogP) is 1.79. The van der Waals surface area contributed by atoms with Crippen molar-refractivity contribution in [3.63, 3.8) is 0 Å². The van der Waals surface area contributed by atoms with Crippen LogP contribution in [-0.2, 0) is 0 Å². The summed E-state index contributed by atoms with van der Waals surface area (Å²) in [4.78, 5) is 0. The lowest BCUT2D eigenvalue weighted by Crippen LogP contribution is -2.11. The summed E-state index contributed by atoms with van der Waals surface area (Å²) in [7, 11) is 1.98. The van der Waals surface area contributed by atoms with Crippen molar-refractivity contribution >= 4 is 45.2 Å². The number of aromatic hydroxyl groups is 1. The molecular weight excluding hydrogens is 283 g/mol. The first-order valence-electron chi connectivity index (χ1n) is 3.60. The molecule has 0 saturated carbocycles. The summed E-state index contributed by atoms with van der Waals surface area (Å²) in [6.45, 7) is 3.91. The van der Waals surface area contributed by atoms with Crippen LogP contribution in [0.25, 0.3) is 0 Å². The molecule has 1 nitrogen and oxygen atoms in total. The number of benzene rings is 1. The molecule has 1 aromatic rings. The molecule has 1 aromatic carbocycles. The Morgan fingerprint density at radius 3 is 2.08 bits per heavy atom. The molecular formula is C8H9BBr2O. The van der Waals surface area contributed by atoms with Gasteiger partial charge in [-0.05, 0) is 35.3 Å². The lowest BCUT2D eigenvalue weighted by Gasteiger charge is -2.11. The topological polar surface area (TPSA) is 20.2 Å². The summed E-state index contributed by atoms with van der Waals surface area (Å²) >= 11 is 6.78.